The lowest BCUT2D eigenvalue weighted by molar-refractivity contribution is -0.135. The van der Waals surface area contributed by atoms with Crippen LogP contribution in [-0.2, 0) is 9.59 Å². The van der Waals surface area contributed by atoms with Crippen molar-refractivity contribution >= 4 is 29.1 Å². The highest BCUT2D eigenvalue weighted by atomic mass is 35.5. The van der Waals surface area contributed by atoms with Crippen LogP contribution in [0.3, 0.4) is 0 Å². The van der Waals surface area contributed by atoms with Crippen molar-refractivity contribution in [2.75, 3.05) is 32.0 Å². The number of anilines is 1. The Balaban J connectivity index is 1.83. The number of halogens is 1. The quantitative estimate of drug-likeness (QED) is 0.898. The minimum absolute atomic E-state index is 0.0201. The maximum Gasteiger partial charge on any atom is 0.244 e. The van der Waals surface area contributed by atoms with Crippen LogP contribution >= 0.6 is 11.6 Å². The van der Waals surface area contributed by atoms with Gasteiger partial charge in [-0.05, 0) is 38.4 Å². The second-order valence-corrected chi connectivity index (χ2v) is 6.50. The third-order valence-electron chi connectivity index (χ3n) is 4.23. The molecule has 6 heteroatoms. The molecule has 5 nitrogen and oxygen atoms in total. The number of para-hydroxylation sites is 1. The number of likely N-dealkylation sites (N-methyl/N-ethyl adjacent to an activating group) is 1. The normalized spacial score (nSPS) is 18.5. The second kappa shape index (κ2) is 8.31. The Morgan fingerprint density at radius 2 is 2.09 bits per heavy atom. The summed E-state index contributed by atoms with van der Waals surface area (Å²) < 4.78 is 0. The van der Waals surface area contributed by atoms with E-state index in [-0.39, 0.29) is 18.4 Å². The van der Waals surface area contributed by atoms with Gasteiger partial charge in [-0.15, -0.1) is 0 Å². The van der Waals surface area contributed by atoms with E-state index in [9.17, 15) is 9.59 Å². The van der Waals surface area contributed by atoms with E-state index < -0.39 is 0 Å². The first-order chi connectivity index (χ1) is 11.0. The molecule has 2 rings (SSSR count). The summed E-state index contributed by atoms with van der Waals surface area (Å²) in [6.07, 6.45) is 3.49. The Hall–Kier alpha value is -1.59. The highest BCUT2D eigenvalue weighted by Crippen LogP contribution is 2.20. The first kappa shape index (κ1) is 17.8. The summed E-state index contributed by atoms with van der Waals surface area (Å²) in [6.45, 7) is 3.49. The maximum atomic E-state index is 12.3. The molecule has 0 aliphatic carbocycles. The molecule has 1 heterocycles. The van der Waals surface area contributed by atoms with Crippen LogP contribution in [0.4, 0.5) is 5.69 Å². The van der Waals surface area contributed by atoms with Crippen LogP contribution in [0, 0.1) is 0 Å². The molecule has 1 aliphatic heterocycles. The predicted molar refractivity (Wildman–Crippen MR) is 92.6 cm³/mol. The number of amides is 2. The van der Waals surface area contributed by atoms with Crippen molar-refractivity contribution in [3.05, 3.63) is 29.3 Å². The van der Waals surface area contributed by atoms with Gasteiger partial charge in [0.1, 0.15) is 0 Å². The highest BCUT2D eigenvalue weighted by Gasteiger charge is 2.22. The molecule has 0 radical (unpaired) electrons. The zero-order valence-corrected chi connectivity index (χ0v) is 14.5. The van der Waals surface area contributed by atoms with Gasteiger partial charge >= 0.3 is 0 Å². The van der Waals surface area contributed by atoms with Gasteiger partial charge in [0.2, 0.25) is 11.8 Å². The van der Waals surface area contributed by atoms with Gasteiger partial charge in [-0.1, -0.05) is 30.2 Å². The molecule has 1 atom stereocenters. The van der Waals surface area contributed by atoms with E-state index >= 15 is 0 Å². The average Bonchev–Trinajstić information content (AvgIpc) is 2.51. The molecule has 1 aromatic rings. The van der Waals surface area contributed by atoms with E-state index in [0.29, 0.717) is 23.3 Å². The molecule has 0 saturated carbocycles. The molecule has 1 fully saturated rings. The minimum atomic E-state index is -0.249. The van der Waals surface area contributed by atoms with Crippen LogP contribution in [0.25, 0.3) is 0 Å². The standard InChI is InChI=1S/C17H24ClN3O2/c1-13-7-5-6-10-21(13)12-17(23)20(2)11-16(22)19-15-9-4-3-8-14(15)18/h3-4,8-9,13H,5-7,10-12H2,1-2H3,(H,19,22)/t13-/m0/s1. The third-order valence-corrected chi connectivity index (χ3v) is 4.56. The van der Waals surface area contributed by atoms with E-state index in [4.69, 9.17) is 11.6 Å². The fourth-order valence-electron chi connectivity index (χ4n) is 2.74. The lowest BCUT2D eigenvalue weighted by Crippen LogP contribution is -2.46. The van der Waals surface area contributed by atoms with Crippen LogP contribution in [0.2, 0.25) is 5.02 Å². The zero-order valence-electron chi connectivity index (χ0n) is 13.7. The van der Waals surface area contributed by atoms with Crippen LogP contribution in [-0.4, -0.2) is 54.3 Å². The summed E-state index contributed by atoms with van der Waals surface area (Å²) in [7, 11) is 1.66. The van der Waals surface area contributed by atoms with Crippen molar-refractivity contribution in [3.63, 3.8) is 0 Å². The molecular formula is C17H24ClN3O2. The number of carbonyl (C=O) groups is 2. The highest BCUT2D eigenvalue weighted by molar-refractivity contribution is 6.33. The summed E-state index contributed by atoms with van der Waals surface area (Å²) in [4.78, 5) is 28.0. The summed E-state index contributed by atoms with van der Waals surface area (Å²) in [6, 6.07) is 7.47. The van der Waals surface area contributed by atoms with E-state index in [1.54, 1.807) is 31.3 Å². The van der Waals surface area contributed by atoms with Gasteiger partial charge in [0.25, 0.3) is 0 Å². The van der Waals surface area contributed by atoms with E-state index in [1.165, 1.54) is 11.3 Å². The van der Waals surface area contributed by atoms with Crippen molar-refractivity contribution in [1.29, 1.82) is 0 Å². The van der Waals surface area contributed by atoms with Crippen LogP contribution in [0.15, 0.2) is 24.3 Å². The van der Waals surface area contributed by atoms with Gasteiger partial charge in [0.05, 0.1) is 23.8 Å². The Bertz CT molecular complexity index is 565. The number of hydrogen-bond acceptors (Lipinski definition) is 3. The summed E-state index contributed by atoms with van der Waals surface area (Å²) >= 11 is 6.01. The largest absolute Gasteiger partial charge is 0.335 e. The predicted octanol–water partition coefficient (Wildman–Crippen LogP) is 2.61. The topological polar surface area (TPSA) is 52.7 Å². The van der Waals surface area contributed by atoms with Crippen molar-refractivity contribution in [1.82, 2.24) is 9.80 Å². The molecule has 1 N–H and O–H groups in total. The molecule has 0 unspecified atom stereocenters. The van der Waals surface area contributed by atoms with E-state index in [2.05, 4.69) is 17.1 Å². The molecule has 1 aromatic carbocycles. The number of carbonyl (C=O) groups excluding carboxylic acids is 2. The number of hydrogen-bond donors (Lipinski definition) is 1. The van der Waals surface area contributed by atoms with Gasteiger partial charge in [0.15, 0.2) is 0 Å². The molecule has 2 amide bonds. The van der Waals surface area contributed by atoms with Gasteiger partial charge < -0.3 is 10.2 Å². The SMILES string of the molecule is C[C@H]1CCCCN1CC(=O)N(C)CC(=O)Nc1ccccc1Cl. The number of piperidine rings is 1. The monoisotopic (exact) mass is 337 g/mol. The number of rotatable bonds is 5. The first-order valence-electron chi connectivity index (χ1n) is 7.99. The Kier molecular flexibility index (Phi) is 6.42. The van der Waals surface area contributed by atoms with Crippen LogP contribution in [0.5, 0.6) is 0 Å². The fourth-order valence-corrected chi connectivity index (χ4v) is 2.93. The molecule has 1 aliphatic rings. The van der Waals surface area contributed by atoms with Crippen LogP contribution in [0.1, 0.15) is 26.2 Å². The average molecular weight is 338 g/mol. The van der Waals surface area contributed by atoms with Gasteiger partial charge in [0, 0.05) is 13.1 Å². The molecular weight excluding hydrogens is 314 g/mol. The van der Waals surface area contributed by atoms with Gasteiger partial charge in [-0.25, -0.2) is 0 Å². The number of benzene rings is 1. The van der Waals surface area contributed by atoms with Crippen molar-refractivity contribution in [2.24, 2.45) is 0 Å². The number of nitrogens with zero attached hydrogens (tertiary/aromatic N) is 2. The second-order valence-electron chi connectivity index (χ2n) is 6.09. The Morgan fingerprint density at radius 3 is 2.78 bits per heavy atom. The summed E-state index contributed by atoms with van der Waals surface area (Å²) in [5.41, 5.74) is 0.560. The maximum absolute atomic E-state index is 12.3. The first-order valence-corrected chi connectivity index (χ1v) is 8.37. The minimum Gasteiger partial charge on any atom is -0.335 e. The molecule has 0 aromatic heterocycles. The molecule has 0 spiro atoms. The lowest BCUT2D eigenvalue weighted by atomic mass is 10.0. The third kappa shape index (κ3) is 5.22. The summed E-state index contributed by atoms with van der Waals surface area (Å²) in [5.74, 6) is -0.284. The van der Waals surface area contributed by atoms with Crippen molar-refractivity contribution in [2.45, 2.75) is 32.2 Å². The fraction of sp³-hybridized carbons (Fsp3) is 0.529. The molecule has 23 heavy (non-hydrogen) atoms. The molecule has 1 saturated heterocycles. The Morgan fingerprint density at radius 1 is 1.35 bits per heavy atom. The van der Waals surface area contributed by atoms with Gasteiger partial charge in [-0.2, -0.15) is 0 Å². The Labute approximate surface area is 142 Å². The zero-order chi connectivity index (χ0) is 16.8. The van der Waals surface area contributed by atoms with Gasteiger partial charge in [-0.3, -0.25) is 14.5 Å². The van der Waals surface area contributed by atoms with Crippen molar-refractivity contribution in [3.8, 4) is 0 Å². The van der Waals surface area contributed by atoms with E-state index in [1.807, 2.05) is 0 Å². The van der Waals surface area contributed by atoms with Crippen LogP contribution < -0.4 is 5.32 Å². The van der Waals surface area contributed by atoms with Crippen molar-refractivity contribution < 1.29 is 9.59 Å². The smallest absolute Gasteiger partial charge is 0.244 e. The number of nitrogens with one attached hydrogen (secondary N) is 1. The number of likely N-dealkylation sites (tertiary alicyclic amines) is 1. The lowest BCUT2D eigenvalue weighted by Gasteiger charge is -2.33. The summed E-state index contributed by atoms with van der Waals surface area (Å²) in [5, 5.41) is 3.21. The van der Waals surface area contributed by atoms with E-state index in [0.717, 1.165) is 19.4 Å². The molecule has 126 valence electrons. The molecule has 0 bridgehead atoms.